The largest absolute Gasteiger partial charge is 0.368 e. The van der Waals surface area contributed by atoms with Crippen molar-refractivity contribution in [1.29, 1.82) is 0 Å². The predicted molar refractivity (Wildman–Crippen MR) is 77.4 cm³/mol. The second-order valence-corrected chi connectivity index (χ2v) is 5.24. The summed E-state index contributed by atoms with van der Waals surface area (Å²) in [7, 11) is 1.76. The van der Waals surface area contributed by atoms with Gasteiger partial charge in [-0.1, -0.05) is 35.5 Å². The number of ether oxygens (including phenoxy) is 1. The van der Waals surface area contributed by atoms with Crippen molar-refractivity contribution >= 4 is 5.91 Å². The molecule has 1 aromatic carbocycles. The number of hydrogen-bond donors (Lipinski definition) is 0. The van der Waals surface area contributed by atoms with Crippen LogP contribution in [0.1, 0.15) is 18.6 Å². The van der Waals surface area contributed by atoms with Gasteiger partial charge in [-0.2, -0.15) is 0 Å². The average Bonchev–Trinajstić information content (AvgIpc) is 3.19. The fourth-order valence-corrected chi connectivity index (χ4v) is 2.46. The lowest BCUT2D eigenvalue weighted by Crippen LogP contribution is -2.35. The Morgan fingerprint density at radius 3 is 2.90 bits per heavy atom. The van der Waals surface area contributed by atoms with E-state index < -0.39 is 0 Å². The SMILES string of the molecule is CN(Cc1cc(-c2ccccc2)no1)C(=O)[C@H]1CCCO1. The van der Waals surface area contributed by atoms with Crippen molar-refractivity contribution in [2.45, 2.75) is 25.5 Å². The van der Waals surface area contributed by atoms with Crippen molar-refractivity contribution in [3.05, 3.63) is 42.2 Å². The van der Waals surface area contributed by atoms with E-state index in [1.165, 1.54) is 0 Å². The first-order valence-electron chi connectivity index (χ1n) is 7.11. The summed E-state index contributed by atoms with van der Waals surface area (Å²) in [6.45, 7) is 1.07. The van der Waals surface area contributed by atoms with E-state index in [9.17, 15) is 4.79 Å². The van der Waals surface area contributed by atoms with Crippen molar-refractivity contribution in [3.8, 4) is 11.3 Å². The molecule has 21 heavy (non-hydrogen) atoms. The molecule has 1 aliphatic rings. The molecule has 5 nitrogen and oxygen atoms in total. The van der Waals surface area contributed by atoms with Crippen LogP contribution in [0.15, 0.2) is 40.9 Å². The molecule has 1 aliphatic heterocycles. The van der Waals surface area contributed by atoms with E-state index in [4.69, 9.17) is 9.26 Å². The molecule has 2 aromatic rings. The molecule has 2 heterocycles. The fraction of sp³-hybridized carbons (Fsp3) is 0.375. The molecule has 1 atom stereocenters. The summed E-state index contributed by atoms with van der Waals surface area (Å²) in [6.07, 6.45) is 1.45. The maximum atomic E-state index is 12.2. The molecule has 110 valence electrons. The van der Waals surface area contributed by atoms with Gasteiger partial charge in [0, 0.05) is 25.3 Å². The number of carbonyl (C=O) groups is 1. The highest BCUT2D eigenvalue weighted by molar-refractivity contribution is 5.80. The summed E-state index contributed by atoms with van der Waals surface area (Å²) in [4.78, 5) is 13.8. The maximum absolute atomic E-state index is 12.2. The molecule has 5 heteroatoms. The van der Waals surface area contributed by atoms with Crippen molar-refractivity contribution in [1.82, 2.24) is 10.1 Å². The Balaban J connectivity index is 1.65. The molecule has 3 rings (SSSR count). The zero-order valence-electron chi connectivity index (χ0n) is 12.0. The Bertz CT molecular complexity index is 603. The number of likely N-dealkylation sites (N-methyl/N-ethyl adjacent to an activating group) is 1. The van der Waals surface area contributed by atoms with Crippen LogP contribution in [0.5, 0.6) is 0 Å². The van der Waals surface area contributed by atoms with Crippen LogP contribution < -0.4 is 0 Å². The minimum absolute atomic E-state index is 0.00478. The van der Waals surface area contributed by atoms with E-state index in [0.717, 1.165) is 24.1 Å². The Kier molecular flexibility index (Phi) is 4.01. The monoisotopic (exact) mass is 286 g/mol. The summed E-state index contributed by atoms with van der Waals surface area (Å²) < 4.78 is 10.7. The Labute approximate surface area is 123 Å². The average molecular weight is 286 g/mol. The molecule has 0 N–H and O–H groups in total. The van der Waals surface area contributed by atoms with E-state index in [2.05, 4.69) is 5.16 Å². The van der Waals surface area contributed by atoms with Crippen LogP contribution in [0.2, 0.25) is 0 Å². The third kappa shape index (κ3) is 3.13. The first-order chi connectivity index (χ1) is 10.2. The molecule has 1 amide bonds. The van der Waals surface area contributed by atoms with Crippen molar-refractivity contribution in [2.24, 2.45) is 0 Å². The fourth-order valence-electron chi connectivity index (χ4n) is 2.46. The van der Waals surface area contributed by atoms with Gasteiger partial charge in [0.25, 0.3) is 5.91 Å². The lowest BCUT2D eigenvalue weighted by Gasteiger charge is -2.18. The van der Waals surface area contributed by atoms with Gasteiger partial charge in [0.15, 0.2) is 5.76 Å². The molecule has 1 fully saturated rings. The van der Waals surface area contributed by atoms with Gasteiger partial charge in [0.05, 0.1) is 6.54 Å². The van der Waals surface area contributed by atoms with Gasteiger partial charge in [0.1, 0.15) is 11.8 Å². The number of carbonyl (C=O) groups excluding carboxylic acids is 1. The standard InChI is InChI=1S/C16H18N2O3/c1-18(16(19)15-8-5-9-20-15)11-13-10-14(17-21-13)12-6-3-2-4-7-12/h2-4,6-7,10,15H,5,8-9,11H2,1H3/t15-/m1/s1. The molecule has 0 unspecified atom stereocenters. The molecule has 0 radical (unpaired) electrons. The lowest BCUT2D eigenvalue weighted by molar-refractivity contribution is -0.140. The van der Waals surface area contributed by atoms with Gasteiger partial charge >= 0.3 is 0 Å². The molecule has 0 bridgehead atoms. The number of nitrogens with zero attached hydrogens (tertiary/aromatic N) is 2. The summed E-state index contributed by atoms with van der Waals surface area (Å²) in [5.41, 5.74) is 1.78. The molecular weight excluding hydrogens is 268 g/mol. The lowest BCUT2D eigenvalue weighted by atomic mass is 10.1. The van der Waals surface area contributed by atoms with E-state index in [-0.39, 0.29) is 12.0 Å². The highest BCUT2D eigenvalue weighted by atomic mass is 16.5. The number of benzene rings is 1. The summed E-state index contributed by atoms with van der Waals surface area (Å²) in [5.74, 6) is 0.674. The minimum Gasteiger partial charge on any atom is -0.368 e. The highest BCUT2D eigenvalue weighted by Crippen LogP contribution is 2.20. The summed E-state index contributed by atoms with van der Waals surface area (Å²) in [5, 5.41) is 4.05. The first kappa shape index (κ1) is 13.8. The summed E-state index contributed by atoms with van der Waals surface area (Å²) >= 11 is 0. The topological polar surface area (TPSA) is 55.6 Å². The van der Waals surface area contributed by atoms with E-state index in [0.29, 0.717) is 18.9 Å². The quantitative estimate of drug-likeness (QED) is 0.866. The van der Waals surface area contributed by atoms with Gasteiger partial charge in [0.2, 0.25) is 0 Å². The number of amides is 1. The van der Waals surface area contributed by atoms with Crippen LogP contribution in [0.4, 0.5) is 0 Å². The molecule has 0 aliphatic carbocycles. The zero-order chi connectivity index (χ0) is 14.7. The molecule has 1 saturated heterocycles. The smallest absolute Gasteiger partial charge is 0.251 e. The normalized spacial score (nSPS) is 17.9. The Hall–Kier alpha value is -2.14. The Morgan fingerprint density at radius 2 is 2.19 bits per heavy atom. The second-order valence-electron chi connectivity index (χ2n) is 5.24. The third-order valence-electron chi connectivity index (χ3n) is 3.60. The van der Waals surface area contributed by atoms with Crippen LogP contribution in [0, 0.1) is 0 Å². The maximum Gasteiger partial charge on any atom is 0.251 e. The van der Waals surface area contributed by atoms with Crippen LogP contribution >= 0.6 is 0 Å². The highest BCUT2D eigenvalue weighted by Gasteiger charge is 2.27. The number of rotatable bonds is 4. The minimum atomic E-state index is -0.300. The molecule has 0 saturated carbocycles. The molecule has 1 aromatic heterocycles. The van der Waals surface area contributed by atoms with Gasteiger partial charge in [-0.15, -0.1) is 0 Å². The van der Waals surface area contributed by atoms with Crippen molar-refractivity contribution in [3.63, 3.8) is 0 Å². The van der Waals surface area contributed by atoms with Crippen LogP contribution in [0.25, 0.3) is 11.3 Å². The van der Waals surface area contributed by atoms with Crippen LogP contribution in [-0.4, -0.2) is 35.7 Å². The molecular formula is C16H18N2O3. The van der Waals surface area contributed by atoms with E-state index in [1.807, 2.05) is 36.4 Å². The van der Waals surface area contributed by atoms with Crippen LogP contribution in [-0.2, 0) is 16.1 Å². The first-order valence-corrected chi connectivity index (χ1v) is 7.11. The Morgan fingerprint density at radius 1 is 1.38 bits per heavy atom. The summed E-state index contributed by atoms with van der Waals surface area (Å²) in [6, 6.07) is 11.7. The van der Waals surface area contributed by atoms with Crippen LogP contribution in [0.3, 0.4) is 0 Å². The zero-order valence-corrected chi connectivity index (χ0v) is 12.0. The number of aromatic nitrogens is 1. The molecule has 0 spiro atoms. The van der Waals surface area contributed by atoms with Gasteiger partial charge in [-0.3, -0.25) is 4.79 Å². The van der Waals surface area contributed by atoms with Crippen molar-refractivity contribution < 1.29 is 14.1 Å². The van der Waals surface area contributed by atoms with Crippen molar-refractivity contribution in [2.75, 3.05) is 13.7 Å². The van der Waals surface area contributed by atoms with E-state index >= 15 is 0 Å². The number of hydrogen-bond acceptors (Lipinski definition) is 4. The predicted octanol–water partition coefficient (Wildman–Crippen LogP) is 2.48. The van der Waals surface area contributed by atoms with Gasteiger partial charge < -0.3 is 14.2 Å². The second kappa shape index (κ2) is 6.10. The third-order valence-corrected chi connectivity index (χ3v) is 3.60. The van der Waals surface area contributed by atoms with Gasteiger partial charge in [-0.05, 0) is 12.8 Å². The van der Waals surface area contributed by atoms with Gasteiger partial charge in [-0.25, -0.2) is 0 Å². The van der Waals surface area contributed by atoms with E-state index in [1.54, 1.807) is 11.9 Å².